The van der Waals surface area contributed by atoms with Gasteiger partial charge in [0.25, 0.3) is 0 Å². The average Bonchev–Trinajstić information content (AvgIpc) is 2.62. The lowest BCUT2D eigenvalue weighted by Gasteiger charge is -2.26. The van der Waals surface area contributed by atoms with Crippen LogP contribution >= 0.6 is 24.0 Å². The molecule has 0 aromatic heterocycles. The number of nitrogens with one attached hydrogen (secondary N) is 2. The third-order valence-electron chi connectivity index (χ3n) is 4.90. The van der Waals surface area contributed by atoms with Gasteiger partial charge in [-0.2, -0.15) is 0 Å². The van der Waals surface area contributed by atoms with Crippen LogP contribution < -0.4 is 10.6 Å². The Morgan fingerprint density at radius 1 is 1.12 bits per heavy atom. The van der Waals surface area contributed by atoms with Gasteiger partial charge in [-0.3, -0.25) is 9.89 Å². The van der Waals surface area contributed by atoms with Crippen LogP contribution in [-0.2, 0) is 14.6 Å². The number of halogens is 1. The van der Waals surface area contributed by atoms with Crippen molar-refractivity contribution in [3.8, 4) is 0 Å². The van der Waals surface area contributed by atoms with Crippen molar-refractivity contribution in [2.45, 2.75) is 44.6 Å². The van der Waals surface area contributed by atoms with Crippen molar-refractivity contribution in [2.24, 2.45) is 4.99 Å². The maximum absolute atomic E-state index is 11.4. The van der Waals surface area contributed by atoms with Crippen molar-refractivity contribution < 1.29 is 13.2 Å². The number of hydrogen-bond donors (Lipinski definition) is 2. The first-order chi connectivity index (χ1) is 12.1. The Morgan fingerprint density at radius 3 is 2.42 bits per heavy atom. The second-order valence-electron chi connectivity index (χ2n) is 6.90. The Morgan fingerprint density at radius 2 is 1.77 bits per heavy atom. The fraction of sp³-hybridized carbons (Fsp3) is 0.941. The largest absolute Gasteiger partial charge is 0.378 e. The van der Waals surface area contributed by atoms with Crippen molar-refractivity contribution in [1.82, 2.24) is 15.5 Å². The van der Waals surface area contributed by atoms with Crippen molar-refractivity contribution in [2.75, 3.05) is 57.9 Å². The molecule has 0 bridgehead atoms. The van der Waals surface area contributed by atoms with E-state index in [-0.39, 0.29) is 35.5 Å². The van der Waals surface area contributed by atoms with Crippen LogP contribution in [0.2, 0.25) is 0 Å². The number of rotatable bonds is 8. The normalized spacial score (nSPS) is 21.8. The molecule has 0 atom stereocenters. The van der Waals surface area contributed by atoms with Crippen LogP contribution in [0.25, 0.3) is 0 Å². The van der Waals surface area contributed by atoms with E-state index in [4.69, 9.17) is 4.74 Å². The van der Waals surface area contributed by atoms with Crippen LogP contribution in [-0.4, -0.2) is 83.3 Å². The molecule has 0 aromatic carbocycles. The summed E-state index contributed by atoms with van der Waals surface area (Å²) in [5.74, 6) is 1.35. The quantitative estimate of drug-likeness (QED) is 0.225. The first-order valence-corrected chi connectivity index (χ1v) is 11.4. The molecule has 2 rings (SSSR count). The molecule has 0 unspecified atom stereocenters. The van der Waals surface area contributed by atoms with Gasteiger partial charge in [-0.1, -0.05) is 19.3 Å². The summed E-state index contributed by atoms with van der Waals surface area (Å²) in [4.78, 5) is 6.40. The summed E-state index contributed by atoms with van der Waals surface area (Å²) in [5.41, 5.74) is 0. The van der Waals surface area contributed by atoms with Crippen LogP contribution in [0, 0.1) is 0 Å². The summed E-state index contributed by atoms with van der Waals surface area (Å²) in [6.07, 6.45) is 7.85. The highest BCUT2D eigenvalue weighted by atomic mass is 127. The van der Waals surface area contributed by atoms with Crippen molar-refractivity contribution >= 4 is 39.8 Å². The Hall–Kier alpha value is -0.130. The third-order valence-corrected chi connectivity index (χ3v) is 6.51. The minimum Gasteiger partial charge on any atom is -0.378 e. The topological polar surface area (TPSA) is 83.0 Å². The summed E-state index contributed by atoms with van der Waals surface area (Å²) in [7, 11) is -1.03. The highest BCUT2D eigenvalue weighted by Crippen LogP contribution is 2.20. The molecule has 1 aliphatic carbocycles. The van der Waals surface area contributed by atoms with Crippen LogP contribution in [0.5, 0.6) is 0 Å². The van der Waals surface area contributed by atoms with Gasteiger partial charge in [0, 0.05) is 46.4 Å². The van der Waals surface area contributed by atoms with E-state index in [1.807, 2.05) is 0 Å². The van der Waals surface area contributed by atoms with E-state index in [9.17, 15) is 8.42 Å². The van der Waals surface area contributed by atoms with Gasteiger partial charge in [-0.25, -0.2) is 8.42 Å². The van der Waals surface area contributed by atoms with Gasteiger partial charge in [-0.15, -0.1) is 24.0 Å². The summed E-state index contributed by atoms with van der Waals surface area (Å²) in [6, 6.07) is 0. The van der Waals surface area contributed by atoms with Crippen molar-refractivity contribution in [3.63, 3.8) is 0 Å². The maximum Gasteiger partial charge on any atom is 0.191 e. The molecule has 1 aliphatic heterocycles. The predicted octanol–water partition coefficient (Wildman–Crippen LogP) is 1.24. The Labute approximate surface area is 175 Å². The fourth-order valence-corrected chi connectivity index (χ4v) is 4.56. The van der Waals surface area contributed by atoms with E-state index >= 15 is 0 Å². The number of guanidine groups is 1. The standard InChI is InChI=1S/C17H34N4O3S.HI/c1-18-17(19-8-5-13-24-16-6-3-2-4-7-16)20-9-10-21-11-14-25(22,23)15-12-21;/h16H,2-15H2,1H3,(H2,18,19,20);1H. The smallest absolute Gasteiger partial charge is 0.191 e. The van der Waals surface area contributed by atoms with Crippen LogP contribution in [0.15, 0.2) is 4.99 Å². The first kappa shape index (κ1) is 23.9. The highest BCUT2D eigenvalue weighted by molar-refractivity contribution is 14.0. The van der Waals surface area contributed by atoms with Gasteiger partial charge < -0.3 is 15.4 Å². The second-order valence-corrected chi connectivity index (χ2v) is 9.21. The number of aliphatic imine (C=N–C) groups is 1. The second kappa shape index (κ2) is 13.1. The van der Waals surface area contributed by atoms with Crippen molar-refractivity contribution in [3.05, 3.63) is 0 Å². The molecule has 0 aromatic rings. The molecular weight excluding hydrogens is 467 g/mol. The number of hydrogen-bond acceptors (Lipinski definition) is 5. The molecule has 1 saturated heterocycles. The molecule has 0 spiro atoms. The average molecular weight is 502 g/mol. The fourth-order valence-electron chi connectivity index (χ4n) is 3.29. The van der Waals surface area contributed by atoms with Gasteiger partial charge in [0.15, 0.2) is 15.8 Å². The van der Waals surface area contributed by atoms with Gasteiger partial charge in [0.05, 0.1) is 17.6 Å². The third kappa shape index (κ3) is 9.70. The number of ether oxygens (including phenoxy) is 1. The first-order valence-electron chi connectivity index (χ1n) is 9.58. The van der Waals surface area contributed by atoms with E-state index < -0.39 is 9.84 Å². The van der Waals surface area contributed by atoms with E-state index in [2.05, 4.69) is 20.5 Å². The highest BCUT2D eigenvalue weighted by Gasteiger charge is 2.20. The van der Waals surface area contributed by atoms with Gasteiger partial charge >= 0.3 is 0 Å². The van der Waals surface area contributed by atoms with E-state index in [0.29, 0.717) is 19.2 Å². The zero-order valence-corrected chi connectivity index (χ0v) is 19.1. The van der Waals surface area contributed by atoms with E-state index in [0.717, 1.165) is 38.6 Å². The van der Waals surface area contributed by atoms with Gasteiger partial charge in [0.2, 0.25) is 0 Å². The van der Waals surface area contributed by atoms with Crippen LogP contribution in [0.1, 0.15) is 38.5 Å². The molecule has 1 heterocycles. The van der Waals surface area contributed by atoms with Crippen LogP contribution in [0.4, 0.5) is 0 Å². The monoisotopic (exact) mass is 502 g/mol. The molecule has 0 amide bonds. The number of sulfone groups is 1. The molecule has 0 radical (unpaired) electrons. The van der Waals surface area contributed by atoms with Gasteiger partial charge in [-0.05, 0) is 19.3 Å². The molecule has 7 nitrogen and oxygen atoms in total. The molecule has 2 N–H and O–H groups in total. The van der Waals surface area contributed by atoms with E-state index in [1.54, 1.807) is 7.05 Å². The molecular formula is C17H35IN4O3S. The maximum atomic E-state index is 11.4. The van der Waals surface area contributed by atoms with E-state index in [1.165, 1.54) is 32.1 Å². The Balaban J connectivity index is 0.00000338. The SMILES string of the molecule is CN=C(NCCCOC1CCCCC1)NCCN1CCS(=O)(=O)CC1.I. The minimum atomic E-state index is -2.80. The zero-order valence-electron chi connectivity index (χ0n) is 15.9. The molecule has 1 saturated carbocycles. The lowest BCUT2D eigenvalue weighted by molar-refractivity contribution is 0.0277. The molecule has 2 aliphatic rings. The summed E-state index contributed by atoms with van der Waals surface area (Å²) in [6.45, 7) is 4.51. The number of nitrogens with zero attached hydrogens (tertiary/aromatic N) is 2. The molecule has 9 heteroatoms. The molecule has 2 fully saturated rings. The summed E-state index contributed by atoms with van der Waals surface area (Å²) in [5, 5.41) is 6.59. The predicted molar refractivity (Wildman–Crippen MR) is 117 cm³/mol. The zero-order chi connectivity index (χ0) is 18.0. The summed E-state index contributed by atoms with van der Waals surface area (Å²) < 4.78 is 28.8. The Bertz CT molecular complexity index is 496. The van der Waals surface area contributed by atoms with Crippen molar-refractivity contribution in [1.29, 1.82) is 0 Å². The van der Waals surface area contributed by atoms with Gasteiger partial charge in [0.1, 0.15) is 0 Å². The molecule has 26 heavy (non-hydrogen) atoms. The molecule has 154 valence electrons. The lowest BCUT2D eigenvalue weighted by atomic mass is 9.98. The minimum absolute atomic E-state index is 0. The lowest BCUT2D eigenvalue weighted by Crippen LogP contribution is -2.46. The Kier molecular flexibility index (Phi) is 12.1. The van der Waals surface area contributed by atoms with Crippen LogP contribution in [0.3, 0.4) is 0 Å². The summed E-state index contributed by atoms with van der Waals surface area (Å²) >= 11 is 0.